The highest BCUT2D eigenvalue weighted by Gasteiger charge is 2.12. The Morgan fingerprint density at radius 1 is 1.31 bits per heavy atom. The molecule has 0 aliphatic rings. The van der Waals surface area contributed by atoms with E-state index in [0.717, 1.165) is 5.56 Å². The molecule has 0 amide bonds. The molecule has 2 aromatic rings. The van der Waals surface area contributed by atoms with Gasteiger partial charge in [-0.25, -0.2) is 0 Å². The Morgan fingerprint density at radius 3 is 2.50 bits per heavy atom. The lowest BCUT2D eigenvalue weighted by Gasteiger charge is -1.95. The molecule has 0 saturated carbocycles. The highest BCUT2D eigenvalue weighted by molar-refractivity contribution is 6.20. The topological polar surface area (TPSA) is 62.7 Å². The van der Waals surface area contributed by atoms with E-state index in [-0.39, 0.29) is 5.38 Å². The van der Waals surface area contributed by atoms with Gasteiger partial charge in [0, 0.05) is 5.56 Å². The molecule has 2 rings (SSSR count). The van der Waals surface area contributed by atoms with Gasteiger partial charge in [0.15, 0.2) is 0 Å². The van der Waals surface area contributed by atoms with Crippen LogP contribution < -0.4 is 0 Å². The van der Waals surface area contributed by atoms with E-state index < -0.39 is 0 Å². The predicted molar refractivity (Wildman–Crippen MR) is 58.7 cm³/mol. The predicted octanol–water partition coefficient (Wildman–Crippen LogP) is 2.91. The molecule has 0 N–H and O–H groups in total. The van der Waals surface area contributed by atoms with Gasteiger partial charge in [-0.05, 0) is 31.2 Å². The van der Waals surface area contributed by atoms with Gasteiger partial charge in [-0.15, -0.1) is 21.8 Å². The van der Waals surface area contributed by atoms with E-state index in [1.165, 1.54) is 0 Å². The number of aromatic nitrogens is 2. The van der Waals surface area contributed by atoms with Crippen LogP contribution in [0.5, 0.6) is 0 Å². The van der Waals surface area contributed by atoms with Crippen LogP contribution in [0.1, 0.15) is 23.8 Å². The molecule has 16 heavy (non-hydrogen) atoms. The van der Waals surface area contributed by atoms with Gasteiger partial charge < -0.3 is 4.42 Å². The van der Waals surface area contributed by atoms with Gasteiger partial charge in [0.1, 0.15) is 5.38 Å². The molecular formula is C11H8ClN3O. The zero-order chi connectivity index (χ0) is 11.5. The molecule has 0 fully saturated rings. The molecular weight excluding hydrogens is 226 g/mol. The van der Waals surface area contributed by atoms with Gasteiger partial charge in [-0.2, -0.15) is 5.26 Å². The van der Waals surface area contributed by atoms with Gasteiger partial charge >= 0.3 is 0 Å². The highest BCUT2D eigenvalue weighted by atomic mass is 35.5. The van der Waals surface area contributed by atoms with Crippen molar-refractivity contribution in [3.05, 3.63) is 35.7 Å². The third-order valence-electron chi connectivity index (χ3n) is 2.04. The maximum atomic E-state index is 8.66. The Labute approximate surface area is 97.5 Å². The maximum absolute atomic E-state index is 8.66. The van der Waals surface area contributed by atoms with E-state index in [1.54, 1.807) is 31.2 Å². The largest absolute Gasteiger partial charge is 0.419 e. The van der Waals surface area contributed by atoms with Gasteiger partial charge in [0.2, 0.25) is 11.8 Å². The van der Waals surface area contributed by atoms with Crippen molar-refractivity contribution < 1.29 is 4.42 Å². The van der Waals surface area contributed by atoms with Gasteiger partial charge in [-0.3, -0.25) is 0 Å². The maximum Gasteiger partial charge on any atom is 0.247 e. The number of hydrogen-bond donors (Lipinski definition) is 0. The molecule has 1 heterocycles. The van der Waals surface area contributed by atoms with Crippen LogP contribution in [0.25, 0.3) is 11.5 Å². The number of nitriles is 1. The Morgan fingerprint density at radius 2 is 2.00 bits per heavy atom. The fourth-order valence-corrected chi connectivity index (χ4v) is 1.29. The molecule has 0 saturated heterocycles. The molecule has 1 aromatic carbocycles. The molecule has 0 spiro atoms. The Hall–Kier alpha value is -1.86. The lowest BCUT2D eigenvalue weighted by molar-refractivity contribution is 0.507. The summed E-state index contributed by atoms with van der Waals surface area (Å²) >= 11 is 5.81. The number of halogens is 1. The Kier molecular flexibility index (Phi) is 2.88. The van der Waals surface area contributed by atoms with Crippen LogP contribution >= 0.6 is 11.6 Å². The summed E-state index contributed by atoms with van der Waals surface area (Å²) in [5.74, 6) is 0.799. The smallest absolute Gasteiger partial charge is 0.247 e. The molecule has 4 nitrogen and oxygen atoms in total. The first-order valence-electron chi connectivity index (χ1n) is 4.68. The van der Waals surface area contributed by atoms with E-state index in [1.807, 2.05) is 6.07 Å². The first kappa shape index (κ1) is 10.7. The molecule has 1 atom stereocenters. The zero-order valence-corrected chi connectivity index (χ0v) is 9.27. The van der Waals surface area contributed by atoms with Crippen molar-refractivity contribution in [3.63, 3.8) is 0 Å². The van der Waals surface area contributed by atoms with Crippen molar-refractivity contribution in [1.29, 1.82) is 5.26 Å². The normalized spacial score (nSPS) is 12.1. The standard InChI is InChI=1S/C11H8ClN3O/c1-7(12)10-14-15-11(16-10)9-4-2-8(6-13)3-5-9/h2-5,7H,1H3. The number of nitrogens with zero attached hydrogens (tertiary/aromatic N) is 3. The number of alkyl halides is 1. The zero-order valence-electron chi connectivity index (χ0n) is 8.51. The molecule has 1 unspecified atom stereocenters. The minimum atomic E-state index is -0.306. The summed E-state index contributed by atoms with van der Waals surface area (Å²) in [7, 11) is 0. The first-order chi connectivity index (χ1) is 7.70. The Bertz CT molecular complexity index is 525. The van der Waals surface area contributed by atoms with Crippen molar-refractivity contribution >= 4 is 11.6 Å². The average Bonchev–Trinajstić information content (AvgIpc) is 2.78. The van der Waals surface area contributed by atoms with E-state index in [2.05, 4.69) is 10.2 Å². The lowest BCUT2D eigenvalue weighted by Crippen LogP contribution is -1.81. The summed E-state index contributed by atoms with van der Waals surface area (Å²) in [6, 6.07) is 8.95. The SMILES string of the molecule is CC(Cl)c1nnc(-c2ccc(C#N)cc2)o1. The molecule has 0 aliphatic heterocycles. The van der Waals surface area contributed by atoms with E-state index >= 15 is 0 Å². The average molecular weight is 234 g/mol. The monoisotopic (exact) mass is 233 g/mol. The summed E-state index contributed by atoms with van der Waals surface area (Å²) in [5, 5.41) is 16.1. The minimum absolute atomic E-state index is 0.306. The molecule has 1 aromatic heterocycles. The van der Waals surface area contributed by atoms with Crippen LogP contribution in [0.4, 0.5) is 0 Å². The van der Waals surface area contributed by atoms with E-state index in [0.29, 0.717) is 17.3 Å². The molecule has 80 valence electrons. The highest BCUT2D eigenvalue weighted by Crippen LogP contribution is 2.23. The summed E-state index contributed by atoms with van der Waals surface area (Å²) in [5.41, 5.74) is 1.37. The second-order valence-electron chi connectivity index (χ2n) is 3.25. The fourth-order valence-electron chi connectivity index (χ4n) is 1.20. The summed E-state index contributed by atoms with van der Waals surface area (Å²) < 4.78 is 5.37. The van der Waals surface area contributed by atoms with Crippen molar-refractivity contribution in [2.24, 2.45) is 0 Å². The lowest BCUT2D eigenvalue weighted by atomic mass is 10.1. The summed E-state index contributed by atoms with van der Waals surface area (Å²) in [4.78, 5) is 0. The van der Waals surface area contributed by atoms with Crippen LogP contribution in [0.15, 0.2) is 28.7 Å². The van der Waals surface area contributed by atoms with Crippen LogP contribution in [-0.2, 0) is 0 Å². The molecule has 5 heteroatoms. The third kappa shape index (κ3) is 2.05. The Balaban J connectivity index is 2.32. The van der Waals surface area contributed by atoms with Crippen LogP contribution in [-0.4, -0.2) is 10.2 Å². The van der Waals surface area contributed by atoms with Gasteiger partial charge in [0.25, 0.3) is 0 Å². The summed E-state index contributed by atoms with van der Waals surface area (Å²) in [6.45, 7) is 1.76. The van der Waals surface area contributed by atoms with E-state index in [9.17, 15) is 0 Å². The quantitative estimate of drug-likeness (QED) is 0.749. The minimum Gasteiger partial charge on any atom is -0.419 e. The molecule has 0 aliphatic carbocycles. The van der Waals surface area contributed by atoms with Crippen molar-refractivity contribution in [2.75, 3.05) is 0 Å². The number of hydrogen-bond acceptors (Lipinski definition) is 4. The first-order valence-corrected chi connectivity index (χ1v) is 5.12. The van der Waals surface area contributed by atoms with Crippen LogP contribution in [0.3, 0.4) is 0 Å². The van der Waals surface area contributed by atoms with Gasteiger partial charge in [-0.1, -0.05) is 0 Å². The van der Waals surface area contributed by atoms with E-state index in [4.69, 9.17) is 21.3 Å². The van der Waals surface area contributed by atoms with Crippen molar-refractivity contribution in [3.8, 4) is 17.5 Å². The second-order valence-corrected chi connectivity index (χ2v) is 3.91. The molecule has 0 radical (unpaired) electrons. The third-order valence-corrected chi connectivity index (χ3v) is 2.23. The van der Waals surface area contributed by atoms with Crippen molar-refractivity contribution in [1.82, 2.24) is 10.2 Å². The fraction of sp³-hybridized carbons (Fsp3) is 0.182. The van der Waals surface area contributed by atoms with Gasteiger partial charge in [0.05, 0.1) is 11.6 Å². The number of benzene rings is 1. The second kappa shape index (κ2) is 4.33. The summed E-state index contributed by atoms with van der Waals surface area (Å²) in [6.07, 6.45) is 0. The molecule has 0 bridgehead atoms. The number of rotatable bonds is 2. The van der Waals surface area contributed by atoms with Crippen molar-refractivity contribution in [2.45, 2.75) is 12.3 Å². The van der Waals surface area contributed by atoms with Crippen LogP contribution in [0, 0.1) is 11.3 Å². The van der Waals surface area contributed by atoms with Crippen LogP contribution in [0.2, 0.25) is 0 Å².